The Morgan fingerprint density at radius 3 is 1.57 bits per heavy atom. The molecule has 0 radical (unpaired) electrons. The molecule has 1 spiro atoms. The zero-order chi connectivity index (χ0) is 42.4. The summed E-state index contributed by atoms with van der Waals surface area (Å²) in [6.07, 6.45) is 6.98. The quantitative estimate of drug-likeness (QED) is 0.154. The summed E-state index contributed by atoms with van der Waals surface area (Å²) in [5, 5.41) is 10.3. The highest BCUT2D eigenvalue weighted by Crippen LogP contribution is 2.70. The van der Waals surface area contributed by atoms with Crippen molar-refractivity contribution in [2.24, 2.45) is 23.7 Å². The van der Waals surface area contributed by atoms with E-state index in [-0.39, 0.29) is 5.41 Å². The van der Waals surface area contributed by atoms with Crippen LogP contribution in [0.3, 0.4) is 0 Å². The highest BCUT2D eigenvalue weighted by molar-refractivity contribution is 7.26. The Balaban J connectivity index is 0.978. The topological polar surface area (TPSA) is 6.48 Å². The fourth-order valence-electron chi connectivity index (χ4n) is 14.4. The summed E-state index contributed by atoms with van der Waals surface area (Å²) >= 11 is 1.88. The minimum atomic E-state index is 0.0983. The average Bonchev–Trinajstić information content (AvgIpc) is 3.89. The Bertz CT molecular complexity index is 3670. The van der Waals surface area contributed by atoms with Crippen LogP contribution in [0.5, 0.6) is 0 Å². The molecule has 4 saturated carbocycles. The van der Waals surface area contributed by atoms with E-state index < -0.39 is 0 Å². The molecule has 0 amide bonds. The second kappa shape index (κ2) is 13.5. The van der Waals surface area contributed by atoms with Gasteiger partial charge in [0.15, 0.2) is 0 Å². The van der Waals surface area contributed by atoms with Gasteiger partial charge in [-0.2, -0.15) is 0 Å². The maximum Gasteiger partial charge on any atom is 0.0555 e. The molecule has 5 aliphatic rings. The standard InChI is InChI=1S/C62H46N2S/c1-3-13-44(14-4-1)63(54-21-11-20-51-60(54)46-17-7-9-19-50(46)62(51)42-34-38-33-39(36-42)37-43(62)35-38)52-31-27-40-26-30-48-53(32-28-41-25-29-47(52)58(40)59(41)48)64(45-15-5-2-6-16-45)55-22-12-24-57-61(55)49-18-8-10-23-56(49)65-57/h1-32,38-39,42-43H,33-37H2. The van der Waals surface area contributed by atoms with E-state index in [1.54, 1.807) is 11.1 Å². The first kappa shape index (κ1) is 36.4. The van der Waals surface area contributed by atoms with Gasteiger partial charge in [0.05, 0.1) is 22.7 Å². The SMILES string of the molecule is c1ccc(N(c2cccc3c2-c2ccccc2C32C3CC4CC(C3)CC2C4)c2ccc3ccc4c(N(c5ccccc5)c5cccc6sc7ccccc7c56)ccc5ccc2c3c54)cc1. The van der Waals surface area contributed by atoms with Crippen molar-refractivity contribution in [2.45, 2.75) is 37.5 Å². The molecule has 16 rings (SSSR count). The first-order valence-electron chi connectivity index (χ1n) is 23.8. The molecule has 1 aromatic heterocycles. The Hall–Kier alpha value is -6.94. The lowest BCUT2D eigenvalue weighted by Gasteiger charge is -2.61. The average molecular weight is 851 g/mol. The van der Waals surface area contributed by atoms with Gasteiger partial charge in [0.1, 0.15) is 0 Å². The van der Waals surface area contributed by atoms with Crippen LogP contribution in [-0.2, 0) is 5.41 Å². The van der Waals surface area contributed by atoms with Crippen LogP contribution in [0, 0.1) is 23.7 Å². The first-order valence-corrected chi connectivity index (χ1v) is 24.6. The highest BCUT2D eigenvalue weighted by Gasteiger charge is 2.62. The Kier molecular flexibility index (Phi) is 7.59. The Labute approximate surface area is 383 Å². The minimum absolute atomic E-state index is 0.0983. The van der Waals surface area contributed by atoms with Crippen molar-refractivity contribution in [3.05, 3.63) is 205 Å². The lowest BCUT2D eigenvalue weighted by atomic mass is 9.43. The van der Waals surface area contributed by atoms with E-state index in [9.17, 15) is 0 Å². The third kappa shape index (κ3) is 4.94. The maximum absolute atomic E-state index is 2.61. The first-order chi connectivity index (χ1) is 32.2. The van der Waals surface area contributed by atoms with E-state index >= 15 is 0 Å². The van der Waals surface area contributed by atoms with Gasteiger partial charge in [-0.15, -0.1) is 11.3 Å². The van der Waals surface area contributed by atoms with Crippen molar-refractivity contribution in [2.75, 3.05) is 9.80 Å². The smallest absolute Gasteiger partial charge is 0.0555 e. The van der Waals surface area contributed by atoms with E-state index in [1.165, 1.54) is 124 Å². The van der Waals surface area contributed by atoms with Crippen LogP contribution < -0.4 is 9.80 Å². The molecule has 3 heteroatoms. The number of nitrogens with zero attached hydrogens (tertiary/aromatic N) is 2. The maximum atomic E-state index is 2.61. The van der Waals surface area contributed by atoms with Crippen molar-refractivity contribution < 1.29 is 0 Å². The van der Waals surface area contributed by atoms with Gasteiger partial charge in [-0.05, 0) is 155 Å². The molecule has 0 atom stereocenters. The molecule has 0 saturated heterocycles. The minimum Gasteiger partial charge on any atom is -0.309 e. The molecule has 5 aliphatic carbocycles. The third-order valence-corrected chi connectivity index (χ3v) is 17.7. The Morgan fingerprint density at radius 1 is 0.369 bits per heavy atom. The number of fused-ring (bicyclic) bond motifs is 6. The van der Waals surface area contributed by atoms with Crippen molar-refractivity contribution in [1.29, 1.82) is 0 Å². The zero-order valence-corrected chi connectivity index (χ0v) is 36.9. The second-order valence-corrected chi connectivity index (χ2v) is 20.7. The van der Waals surface area contributed by atoms with E-state index in [0.29, 0.717) is 11.8 Å². The molecule has 0 N–H and O–H groups in total. The Morgan fingerprint density at radius 2 is 0.892 bits per heavy atom. The van der Waals surface area contributed by atoms with Gasteiger partial charge in [-0.1, -0.05) is 133 Å². The molecule has 0 unspecified atom stereocenters. The van der Waals surface area contributed by atoms with E-state index in [1.807, 2.05) is 11.3 Å². The number of hydrogen-bond donors (Lipinski definition) is 0. The number of rotatable bonds is 6. The van der Waals surface area contributed by atoms with E-state index in [4.69, 9.17) is 0 Å². The number of hydrogen-bond acceptors (Lipinski definition) is 3. The van der Waals surface area contributed by atoms with E-state index in [2.05, 4.69) is 204 Å². The fourth-order valence-corrected chi connectivity index (χ4v) is 15.6. The summed E-state index contributed by atoms with van der Waals surface area (Å²) in [4.78, 5) is 5.12. The van der Waals surface area contributed by atoms with Crippen LogP contribution >= 0.6 is 11.3 Å². The molecule has 65 heavy (non-hydrogen) atoms. The monoisotopic (exact) mass is 850 g/mol. The zero-order valence-electron chi connectivity index (χ0n) is 36.1. The summed E-state index contributed by atoms with van der Waals surface area (Å²) < 4.78 is 2.62. The highest BCUT2D eigenvalue weighted by atomic mass is 32.1. The van der Waals surface area contributed by atoms with Crippen molar-refractivity contribution >= 4 is 98.0 Å². The molecule has 310 valence electrons. The third-order valence-electron chi connectivity index (χ3n) is 16.5. The van der Waals surface area contributed by atoms with Crippen LogP contribution in [-0.4, -0.2) is 0 Å². The summed E-state index contributed by atoms with van der Waals surface area (Å²) in [6, 6.07) is 73.7. The molecule has 1 heterocycles. The van der Waals surface area contributed by atoms with Gasteiger partial charge in [0.2, 0.25) is 0 Å². The lowest BCUT2D eigenvalue weighted by Crippen LogP contribution is -2.55. The molecule has 0 aliphatic heterocycles. The van der Waals surface area contributed by atoms with Crippen molar-refractivity contribution in [3.63, 3.8) is 0 Å². The van der Waals surface area contributed by atoms with Gasteiger partial charge in [-0.25, -0.2) is 0 Å². The van der Waals surface area contributed by atoms with Crippen LogP contribution in [0.2, 0.25) is 0 Å². The molecule has 11 aromatic rings. The van der Waals surface area contributed by atoms with Gasteiger partial charge in [0, 0.05) is 53.3 Å². The molecule has 10 aromatic carbocycles. The van der Waals surface area contributed by atoms with Crippen LogP contribution in [0.1, 0.15) is 43.2 Å². The van der Waals surface area contributed by atoms with Crippen molar-refractivity contribution in [1.82, 2.24) is 0 Å². The van der Waals surface area contributed by atoms with Gasteiger partial charge in [0.25, 0.3) is 0 Å². The van der Waals surface area contributed by atoms with E-state index in [0.717, 1.165) is 17.5 Å². The molecular weight excluding hydrogens is 805 g/mol. The summed E-state index contributed by atoms with van der Waals surface area (Å²) in [7, 11) is 0. The largest absolute Gasteiger partial charge is 0.309 e. The molecule has 2 nitrogen and oxygen atoms in total. The van der Waals surface area contributed by atoms with Crippen LogP contribution in [0.25, 0.3) is 63.6 Å². The normalized spacial score (nSPS) is 21.6. The van der Waals surface area contributed by atoms with Gasteiger partial charge < -0.3 is 9.80 Å². The van der Waals surface area contributed by atoms with Crippen LogP contribution in [0.15, 0.2) is 194 Å². The summed E-state index contributed by atoms with van der Waals surface area (Å²) in [5.41, 5.74) is 13.4. The lowest BCUT2D eigenvalue weighted by molar-refractivity contribution is -0.0399. The second-order valence-electron chi connectivity index (χ2n) is 19.6. The fraction of sp³-hybridized carbons (Fsp3) is 0.161. The van der Waals surface area contributed by atoms with Crippen LogP contribution in [0.4, 0.5) is 34.1 Å². The summed E-state index contributed by atoms with van der Waals surface area (Å²) in [6.45, 7) is 0. The van der Waals surface area contributed by atoms with Gasteiger partial charge >= 0.3 is 0 Å². The number of para-hydroxylation sites is 2. The number of anilines is 6. The van der Waals surface area contributed by atoms with Crippen molar-refractivity contribution in [3.8, 4) is 11.1 Å². The number of benzene rings is 10. The number of thiophene rings is 1. The predicted octanol–water partition coefficient (Wildman–Crippen LogP) is 17.6. The molecule has 4 bridgehead atoms. The molecule has 4 fully saturated rings. The molecular formula is C62H46N2S. The van der Waals surface area contributed by atoms with Gasteiger partial charge in [-0.3, -0.25) is 0 Å². The predicted molar refractivity (Wildman–Crippen MR) is 276 cm³/mol. The summed E-state index contributed by atoms with van der Waals surface area (Å²) in [5.74, 6) is 3.24.